The van der Waals surface area contributed by atoms with Crippen LogP contribution in [0.2, 0.25) is 0 Å². The largest absolute Gasteiger partial charge is 0.479 e. The number of fused-ring (bicyclic) bond motifs is 3. The Kier molecular flexibility index (Phi) is 9.45. The van der Waals surface area contributed by atoms with Gasteiger partial charge in [-0.2, -0.15) is 0 Å². The Labute approximate surface area is 257 Å². The van der Waals surface area contributed by atoms with Crippen molar-refractivity contribution in [1.29, 1.82) is 0 Å². The number of carbonyl (C=O) groups is 5. The topological polar surface area (TPSA) is 155 Å². The quantitative estimate of drug-likeness (QED) is 0.440. The van der Waals surface area contributed by atoms with Gasteiger partial charge in [0.1, 0.15) is 23.7 Å². The fraction of sp³-hybridized carbons (Fsp3) is 0.594. The van der Waals surface area contributed by atoms with E-state index in [0.717, 1.165) is 24.8 Å². The SMILES string of the molecule is CC(C)OC(=O)N[C@H]1CCCCC/C=C\[C@H]2C[C@@]2(C(=O)O)NC(=O)[C@@H]2C[C@@H](OC(=O)N3CCc4ccccc4C3)CN2C1=O. The van der Waals surface area contributed by atoms with E-state index in [4.69, 9.17) is 9.47 Å². The molecular weight excluding hydrogens is 568 g/mol. The lowest BCUT2D eigenvalue weighted by Gasteiger charge is -2.30. The lowest BCUT2D eigenvalue weighted by atomic mass is 10.0. The highest BCUT2D eigenvalue weighted by Gasteiger charge is 2.61. The fourth-order valence-corrected chi connectivity index (χ4v) is 6.41. The van der Waals surface area contributed by atoms with Crippen LogP contribution in [0.1, 0.15) is 69.9 Å². The Morgan fingerprint density at radius 3 is 2.64 bits per heavy atom. The minimum absolute atomic E-state index is 0.00705. The van der Waals surface area contributed by atoms with E-state index < -0.39 is 59.8 Å². The molecule has 1 saturated heterocycles. The highest BCUT2D eigenvalue weighted by Crippen LogP contribution is 2.45. The van der Waals surface area contributed by atoms with Crippen molar-refractivity contribution in [2.75, 3.05) is 13.1 Å². The zero-order chi connectivity index (χ0) is 31.4. The van der Waals surface area contributed by atoms with Crippen molar-refractivity contribution >= 4 is 30.0 Å². The second-order valence-corrected chi connectivity index (χ2v) is 12.5. The van der Waals surface area contributed by atoms with Gasteiger partial charge in [-0.1, -0.05) is 49.3 Å². The molecule has 12 nitrogen and oxygen atoms in total. The van der Waals surface area contributed by atoms with E-state index in [1.54, 1.807) is 18.7 Å². The second kappa shape index (κ2) is 13.3. The summed E-state index contributed by atoms with van der Waals surface area (Å²) in [6.45, 7) is 4.22. The van der Waals surface area contributed by atoms with E-state index in [1.807, 2.05) is 36.4 Å². The lowest BCUT2D eigenvalue weighted by molar-refractivity contribution is -0.145. The van der Waals surface area contributed by atoms with Crippen molar-refractivity contribution in [2.24, 2.45) is 5.92 Å². The summed E-state index contributed by atoms with van der Waals surface area (Å²) in [5.74, 6) is -2.61. The molecule has 1 aromatic carbocycles. The van der Waals surface area contributed by atoms with Gasteiger partial charge < -0.3 is 35.0 Å². The average molecular weight is 611 g/mol. The first-order valence-corrected chi connectivity index (χ1v) is 15.6. The first kappa shape index (κ1) is 31.3. The molecule has 5 atom stereocenters. The molecule has 3 aliphatic heterocycles. The van der Waals surface area contributed by atoms with Gasteiger partial charge in [-0.25, -0.2) is 14.4 Å². The third-order valence-corrected chi connectivity index (χ3v) is 8.91. The zero-order valence-corrected chi connectivity index (χ0v) is 25.3. The van der Waals surface area contributed by atoms with Crippen molar-refractivity contribution in [1.82, 2.24) is 20.4 Å². The molecule has 238 valence electrons. The van der Waals surface area contributed by atoms with Crippen LogP contribution in [0.15, 0.2) is 36.4 Å². The van der Waals surface area contributed by atoms with E-state index in [1.165, 1.54) is 10.5 Å². The van der Waals surface area contributed by atoms with E-state index >= 15 is 0 Å². The van der Waals surface area contributed by atoms with Gasteiger partial charge in [-0.15, -0.1) is 0 Å². The summed E-state index contributed by atoms with van der Waals surface area (Å²) < 4.78 is 11.1. The predicted octanol–water partition coefficient (Wildman–Crippen LogP) is 3.13. The number of aliphatic carboxylic acids is 1. The molecule has 12 heteroatoms. The zero-order valence-electron chi connectivity index (χ0n) is 25.3. The molecule has 0 spiro atoms. The fourth-order valence-electron chi connectivity index (χ4n) is 6.41. The van der Waals surface area contributed by atoms with Crippen LogP contribution < -0.4 is 10.6 Å². The number of nitrogens with one attached hydrogen (secondary N) is 2. The highest BCUT2D eigenvalue weighted by molar-refractivity contribution is 5.96. The second-order valence-electron chi connectivity index (χ2n) is 12.5. The van der Waals surface area contributed by atoms with Gasteiger partial charge in [-0.3, -0.25) is 9.59 Å². The number of amides is 4. The van der Waals surface area contributed by atoms with Gasteiger partial charge in [0.25, 0.3) is 0 Å². The Bertz CT molecular complexity index is 1310. The monoisotopic (exact) mass is 610 g/mol. The summed E-state index contributed by atoms with van der Waals surface area (Å²) in [6, 6.07) is 5.85. The van der Waals surface area contributed by atoms with Gasteiger partial charge in [0.15, 0.2) is 0 Å². The number of hydrogen-bond donors (Lipinski definition) is 3. The molecule has 5 rings (SSSR count). The third-order valence-electron chi connectivity index (χ3n) is 8.91. The summed E-state index contributed by atoms with van der Waals surface area (Å²) in [7, 11) is 0. The summed E-state index contributed by atoms with van der Waals surface area (Å²) in [6.07, 6.45) is 5.63. The van der Waals surface area contributed by atoms with Crippen molar-refractivity contribution in [2.45, 2.75) is 102 Å². The van der Waals surface area contributed by atoms with Crippen LogP contribution in [-0.4, -0.2) is 87.8 Å². The molecule has 1 aromatic rings. The Morgan fingerprint density at radius 1 is 1.11 bits per heavy atom. The third kappa shape index (κ3) is 7.00. The molecule has 1 aliphatic carbocycles. The number of allylic oxidation sites excluding steroid dienone is 1. The molecule has 3 heterocycles. The number of ether oxygens (including phenoxy) is 2. The van der Waals surface area contributed by atoms with Crippen molar-refractivity contribution in [3.8, 4) is 0 Å². The molecule has 0 unspecified atom stereocenters. The van der Waals surface area contributed by atoms with Crippen LogP contribution in [0.3, 0.4) is 0 Å². The standard InChI is InChI=1S/C32H42N4O8/c1-20(2)43-30(41)33-25-13-7-5-3-4-6-12-23-17-32(23,29(39)40)34-27(37)26-16-24(19-36(26)28(25)38)44-31(42)35-15-14-21-10-8-9-11-22(21)18-35/h6,8-12,20,23-26H,3-5,7,13-19H2,1-2H3,(H,33,41)(H,34,37)(H,39,40)/b12-6-/t23-,24+,25-,26-,32+/m0/s1. The van der Waals surface area contributed by atoms with Crippen LogP contribution >= 0.6 is 0 Å². The number of carboxylic acid groups (broad SMARTS) is 1. The first-order chi connectivity index (χ1) is 21.1. The maximum atomic E-state index is 14.0. The van der Waals surface area contributed by atoms with Gasteiger partial charge in [0.05, 0.1) is 12.6 Å². The van der Waals surface area contributed by atoms with Gasteiger partial charge >= 0.3 is 18.2 Å². The smallest absolute Gasteiger partial charge is 0.410 e. The number of benzene rings is 1. The van der Waals surface area contributed by atoms with Gasteiger partial charge in [0, 0.05) is 25.4 Å². The van der Waals surface area contributed by atoms with E-state index in [2.05, 4.69) is 10.6 Å². The van der Waals surface area contributed by atoms with Crippen LogP contribution in [-0.2, 0) is 36.8 Å². The molecule has 2 fully saturated rings. The number of nitrogens with zero attached hydrogens (tertiary/aromatic N) is 2. The molecular formula is C32H42N4O8. The Morgan fingerprint density at radius 2 is 1.89 bits per heavy atom. The molecule has 0 aromatic heterocycles. The van der Waals surface area contributed by atoms with Crippen LogP contribution in [0.25, 0.3) is 0 Å². The first-order valence-electron chi connectivity index (χ1n) is 15.6. The molecule has 0 radical (unpaired) electrons. The number of carboxylic acids is 1. The summed E-state index contributed by atoms with van der Waals surface area (Å²) in [5.41, 5.74) is 0.774. The van der Waals surface area contributed by atoms with Crippen LogP contribution in [0.4, 0.5) is 9.59 Å². The van der Waals surface area contributed by atoms with Crippen LogP contribution in [0.5, 0.6) is 0 Å². The Balaban J connectivity index is 1.36. The van der Waals surface area contributed by atoms with E-state index in [0.29, 0.717) is 32.4 Å². The molecule has 44 heavy (non-hydrogen) atoms. The predicted molar refractivity (Wildman–Crippen MR) is 158 cm³/mol. The molecule has 0 bridgehead atoms. The molecule has 4 aliphatic rings. The van der Waals surface area contributed by atoms with E-state index in [9.17, 15) is 29.1 Å². The maximum absolute atomic E-state index is 14.0. The van der Waals surface area contributed by atoms with Crippen molar-refractivity contribution < 1.29 is 38.6 Å². The summed E-state index contributed by atoms with van der Waals surface area (Å²) >= 11 is 0. The van der Waals surface area contributed by atoms with Crippen molar-refractivity contribution in [3.63, 3.8) is 0 Å². The number of hydrogen-bond acceptors (Lipinski definition) is 7. The van der Waals surface area contributed by atoms with E-state index in [-0.39, 0.29) is 25.3 Å². The van der Waals surface area contributed by atoms with Gasteiger partial charge in [0.2, 0.25) is 11.8 Å². The molecule has 4 amide bonds. The van der Waals surface area contributed by atoms with Crippen LogP contribution in [0, 0.1) is 5.92 Å². The Hall–Kier alpha value is -4.09. The summed E-state index contributed by atoms with van der Waals surface area (Å²) in [4.78, 5) is 68.7. The minimum atomic E-state index is -1.45. The molecule has 1 saturated carbocycles. The van der Waals surface area contributed by atoms with Crippen molar-refractivity contribution in [3.05, 3.63) is 47.5 Å². The molecule has 3 N–H and O–H groups in total. The summed E-state index contributed by atoms with van der Waals surface area (Å²) in [5, 5.41) is 15.4. The normalized spacial score (nSPS) is 29.6. The maximum Gasteiger partial charge on any atom is 0.410 e. The number of alkyl carbamates (subject to hydrolysis) is 1. The minimum Gasteiger partial charge on any atom is -0.479 e. The highest BCUT2D eigenvalue weighted by atomic mass is 16.6. The average Bonchev–Trinajstić information content (AvgIpc) is 3.52. The van der Waals surface area contributed by atoms with Gasteiger partial charge in [-0.05, 0) is 57.1 Å². The number of rotatable bonds is 4. The lowest BCUT2D eigenvalue weighted by Crippen LogP contribution is -2.56. The number of carbonyl (C=O) groups excluding carboxylic acids is 4.